The van der Waals surface area contributed by atoms with E-state index >= 15 is 0 Å². The molecule has 0 radical (unpaired) electrons. The Labute approximate surface area is 91.3 Å². The van der Waals surface area contributed by atoms with Crippen LogP contribution in [0.3, 0.4) is 0 Å². The van der Waals surface area contributed by atoms with E-state index in [1.165, 1.54) is 6.20 Å². The number of primary amides is 1. The predicted molar refractivity (Wildman–Crippen MR) is 55.3 cm³/mol. The van der Waals surface area contributed by atoms with Crippen LogP contribution >= 0.6 is 0 Å². The number of rotatable bonds is 6. The maximum atomic E-state index is 11.4. The molecule has 0 aromatic carbocycles. The Kier molecular flexibility index (Phi) is 4.28. The molecule has 0 saturated carbocycles. The lowest BCUT2D eigenvalue weighted by Gasteiger charge is -2.04. The molecular formula is C8H13N5O3. The van der Waals surface area contributed by atoms with Crippen LogP contribution in [-0.2, 0) is 9.53 Å². The molecule has 0 unspecified atom stereocenters. The van der Waals surface area contributed by atoms with Crippen LogP contribution in [-0.4, -0.2) is 41.8 Å². The van der Waals surface area contributed by atoms with Gasteiger partial charge in [-0.3, -0.25) is 14.7 Å². The van der Waals surface area contributed by atoms with Crippen molar-refractivity contribution in [3.05, 3.63) is 11.8 Å². The van der Waals surface area contributed by atoms with Crippen LogP contribution in [0.2, 0.25) is 0 Å². The molecule has 0 aliphatic carbocycles. The van der Waals surface area contributed by atoms with E-state index in [4.69, 9.17) is 16.2 Å². The smallest absolute Gasteiger partial charge is 0.256 e. The Balaban J connectivity index is 2.21. The number of aromatic nitrogens is 2. The fraction of sp³-hybridized carbons (Fsp3) is 0.375. The lowest BCUT2D eigenvalue weighted by molar-refractivity contribution is -0.122. The summed E-state index contributed by atoms with van der Waals surface area (Å²) in [4.78, 5) is 21.7. The normalized spacial score (nSPS) is 10.0. The Bertz CT molecular complexity index is 376. The molecule has 0 atom stereocenters. The van der Waals surface area contributed by atoms with E-state index in [0.717, 1.165) is 0 Å². The molecule has 0 aliphatic heterocycles. The van der Waals surface area contributed by atoms with Gasteiger partial charge in [-0.15, -0.1) is 0 Å². The molecule has 0 spiro atoms. The van der Waals surface area contributed by atoms with Gasteiger partial charge >= 0.3 is 0 Å². The predicted octanol–water partition coefficient (Wildman–Crippen LogP) is -1.78. The molecule has 0 saturated heterocycles. The van der Waals surface area contributed by atoms with Gasteiger partial charge in [0, 0.05) is 6.54 Å². The number of nitrogen functional groups attached to an aromatic ring is 1. The zero-order valence-electron chi connectivity index (χ0n) is 8.53. The molecule has 1 rings (SSSR count). The average Bonchev–Trinajstić information content (AvgIpc) is 2.63. The van der Waals surface area contributed by atoms with Crippen LogP contribution in [0.25, 0.3) is 0 Å². The molecule has 16 heavy (non-hydrogen) atoms. The molecule has 2 amide bonds. The minimum absolute atomic E-state index is 0.163. The number of carbonyl (C=O) groups is 2. The standard InChI is InChI=1S/C8H13N5O3/c9-6(14)4-16-2-1-11-8(15)5-3-12-13-7(5)10/h3H,1-2,4H2,(H2,9,14)(H,11,15)(H3,10,12,13). The highest BCUT2D eigenvalue weighted by atomic mass is 16.5. The van der Waals surface area contributed by atoms with E-state index in [1.54, 1.807) is 0 Å². The molecule has 1 aromatic rings. The van der Waals surface area contributed by atoms with Gasteiger partial charge < -0.3 is 21.5 Å². The van der Waals surface area contributed by atoms with E-state index in [1.807, 2.05) is 0 Å². The van der Waals surface area contributed by atoms with Gasteiger partial charge in [0.15, 0.2) is 0 Å². The maximum absolute atomic E-state index is 11.4. The Morgan fingerprint density at radius 1 is 1.56 bits per heavy atom. The highest BCUT2D eigenvalue weighted by Gasteiger charge is 2.10. The quantitative estimate of drug-likeness (QED) is 0.426. The summed E-state index contributed by atoms with van der Waals surface area (Å²) in [6, 6.07) is 0. The van der Waals surface area contributed by atoms with Gasteiger partial charge in [-0.2, -0.15) is 5.10 Å². The van der Waals surface area contributed by atoms with Crippen LogP contribution in [0.1, 0.15) is 10.4 Å². The van der Waals surface area contributed by atoms with Crippen LogP contribution in [0.4, 0.5) is 5.82 Å². The summed E-state index contributed by atoms with van der Waals surface area (Å²) in [5.74, 6) is -0.699. The third kappa shape index (κ3) is 3.58. The van der Waals surface area contributed by atoms with Crippen molar-refractivity contribution in [1.82, 2.24) is 15.5 Å². The second kappa shape index (κ2) is 5.71. The lowest BCUT2D eigenvalue weighted by atomic mass is 10.3. The minimum atomic E-state index is -0.551. The molecular weight excluding hydrogens is 214 g/mol. The van der Waals surface area contributed by atoms with Crippen molar-refractivity contribution >= 4 is 17.6 Å². The number of anilines is 1. The molecule has 6 N–H and O–H groups in total. The number of H-pyrrole nitrogens is 1. The van der Waals surface area contributed by atoms with Gasteiger partial charge in [-0.05, 0) is 0 Å². The van der Waals surface area contributed by atoms with Crippen molar-refractivity contribution in [2.24, 2.45) is 5.73 Å². The first-order valence-electron chi connectivity index (χ1n) is 4.54. The van der Waals surface area contributed by atoms with Gasteiger partial charge in [0.05, 0.1) is 12.8 Å². The summed E-state index contributed by atoms with van der Waals surface area (Å²) in [5.41, 5.74) is 10.6. The number of carbonyl (C=O) groups excluding carboxylic acids is 2. The second-order valence-electron chi connectivity index (χ2n) is 2.97. The van der Waals surface area contributed by atoms with Crippen molar-refractivity contribution in [2.75, 3.05) is 25.5 Å². The highest BCUT2D eigenvalue weighted by molar-refractivity contribution is 5.98. The summed E-state index contributed by atoms with van der Waals surface area (Å²) < 4.78 is 4.85. The van der Waals surface area contributed by atoms with E-state index < -0.39 is 5.91 Å². The summed E-state index contributed by atoms with van der Waals surface area (Å²) in [7, 11) is 0. The zero-order chi connectivity index (χ0) is 12.0. The van der Waals surface area contributed by atoms with Crippen molar-refractivity contribution in [3.63, 3.8) is 0 Å². The number of nitrogens with one attached hydrogen (secondary N) is 2. The Morgan fingerprint density at radius 3 is 2.88 bits per heavy atom. The molecule has 1 aromatic heterocycles. The van der Waals surface area contributed by atoms with E-state index in [0.29, 0.717) is 0 Å². The topological polar surface area (TPSA) is 136 Å². The SMILES string of the molecule is NC(=O)COCCNC(=O)c1cn[nH]c1N. The molecule has 1 heterocycles. The van der Waals surface area contributed by atoms with Crippen LogP contribution in [0.5, 0.6) is 0 Å². The third-order valence-electron chi connectivity index (χ3n) is 1.69. The first-order valence-corrected chi connectivity index (χ1v) is 4.54. The van der Waals surface area contributed by atoms with Gasteiger partial charge in [-0.1, -0.05) is 0 Å². The molecule has 8 nitrogen and oxygen atoms in total. The average molecular weight is 227 g/mol. The van der Waals surface area contributed by atoms with Gasteiger partial charge in [0.2, 0.25) is 5.91 Å². The van der Waals surface area contributed by atoms with E-state index in [2.05, 4.69) is 15.5 Å². The van der Waals surface area contributed by atoms with E-state index in [-0.39, 0.29) is 37.0 Å². The van der Waals surface area contributed by atoms with Crippen molar-refractivity contribution in [1.29, 1.82) is 0 Å². The number of ether oxygens (including phenoxy) is 1. The van der Waals surface area contributed by atoms with Crippen LogP contribution in [0.15, 0.2) is 6.20 Å². The largest absolute Gasteiger partial charge is 0.383 e. The van der Waals surface area contributed by atoms with Crippen molar-refractivity contribution < 1.29 is 14.3 Å². The van der Waals surface area contributed by atoms with Gasteiger partial charge in [-0.25, -0.2) is 0 Å². The fourth-order valence-electron chi connectivity index (χ4n) is 0.982. The van der Waals surface area contributed by atoms with Gasteiger partial charge in [0.25, 0.3) is 5.91 Å². The summed E-state index contributed by atoms with van der Waals surface area (Å²) in [6.45, 7) is 0.299. The maximum Gasteiger partial charge on any atom is 0.256 e. The van der Waals surface area contributed by atoms with Crippen molar-refractivity contribution in [2.45, 2.75) is 0 Å². The number of hydrogen-bond donors (Lipinski definition) is 4. The second-order valence-corrected chi connectivity index (χ2v) is 2.97. The summed E-state index contributed by atoms with van der Waals surface area (Å²) >= 11 is 0. The molecule has 8 heteroatoms. The van der Waals surface area contributed by atoms with Crippen LogP contribution < -0.4 is 16.8 Å². The molecule has 0 aliphatic rings. The number of hydrogen-bond acceptors (Lipinski definition) is 5. The molecule has 0 bridgehead atoms. The monoisotopic (exact) mass is 227 g/mol. The highest BCUT2D eigenvalue weighted by Crippen LogP contribution is 2.04. The minimum Gasteiger partial charge on any atom is -0.383 e. The zero-order valence-corrected chi connectivity index (χ0v) is 8.53. The summed E-state index contributed by atoms with van der Waals surface area (Å²) in [6.07, 6.45) is 1.33. The fourth-order valence-corrected chi connectivity index (χ4v) is 0.982. The third-order valence-corrected chi connectivity index (χ3v) is 1.69. The lowest BCUT2D eigenvalue weighted by Crippen LogP contribution is -2.29. The number of amides is 2. The Morgan fingerprint density at radius 2 is 2.31 bits per heavy atom. The molecule has 0 fully saturated rings. The number of aromatic amines is 1. The number of nitrogens with two attached hydrogens (primary N) is 2. The van der Waals surface area contributed by atoms with E-state index in [9.17, 15) is 9.59 Å². The summed E-state index contributed by atoms with van der Waals surface area (Å²) in [5, 5.41) is 8.59. The Hall–Kier alpha value is -2.09. The van der Waals surface area contributed by atoms with Gasteiger partial charge in [0.1, 0.15) is 18.0 Å². The van der Waals surface area contributed by atoms with Crippen molar-refractivity contribution in [3.8, 4) is 0 Å². The molecule has 88 valence electrons. The van der Waals surface area contributed by atoms with Crippen LogP contribution in [0, 0.1) is 0 Å². The first kappa shape index (κ1) is 12.0. The first-order chi connectivity index (χ1) is 7.61. The number of nitrogens with zero attached hydrogens (tertiary/aromatic N) is 1.